The molecule has 0 heterocycles. The van der Waals surface area contributed by atoms with E-state index in [2.05, 4.69) is 17.1 Å². The molecule has 3 N–H and O–H groups in total. The number of aryl methyl sites for hydroxylation is 1. The van der Waals surface area contributed by atoms with E-state index in [0.29, 0.717) is 5.70 Å². The second-order valence-corrected chi connectivity index (χ2v) is 5.14. The van der Waals surface area contributed by atoms with Crippen LogP contribution < -0.4 is 10.9 Å². The van der Waals surface area contributed by atoms with Crippen molar-refractivity contribution >= 4 is 23.9 Å². The fraction of sp³-hybridized carbons (Fsp3) is 0.0526. The van der Waals surface area contributed by atoms with Gasteiger partial charge in [-0.05, 0) is 41.3 Å². The number of carbonyl (C=O) groups is 1. The standard InChI is InChI=1S/C19H19N3O2/c1-14-6-3-4-8-18(14)13-20-21-15(2)17-9-5-7-16(12-17)10-11-19(23)22-24/h3-13,21,24H,2H2,1H3,(H,22,23)/b11-10+,20-13+. The monoisotopic (exact) mass is 321 g/mol. The van der Waals surface area contributed by atoms with Crippen LogP contribution in [0.1, 0.15) is 22.3 Å². The molecule has 0 aliphatic rings. The first-order valence-corrected chi connectivity index (χ1v) is 7.36. The SMILES string of the molecule is C=C(N/N=C/c1ccccc1C)c1cccc(/C=C/C(=O)NO)c1. The van der Waals surface area contributed by atoms with Gasteiger partial charge in [0.15, 0.2) is 0 Å². The third-order valence-corrected chi connectivity index (χ3v) is 3.36. The van der Waals surface area contributed by atoms with Crippen molar-refractivity contribution in [1.29, 1.82) is 0 Å². The highest BCUT2D eigenvalue weighted by Crippen LogP contribution is 2.13. The summed E-state index contributed by atoms with van der Waals surface area (Å²) < 4.78 is 0. The maximum Gasteiger partial charge on any atom is 0.267 e. The Hall–Kier alpha value is -3.18. The highest BCUT2D eigenvalue weighted by Gasteiger charge is 1.99. The highest BCUT2D eigenvalue weighted by molar-refractivity contribution is 5.91. The Balaban J connectivity index is 2.03. The minimum atomic E-state index is -0.583. The van der Waals surface area contributed by atoms with Crippen molar-refractivity contribution in [1.82, 2.24) is 10.9 Å². The molecule has 0 bridgehead atoms. The number of benzene rings is 2. The average Bonchev–Trinajstić information content (AvgIpc) is 2.61. The lowest BCUT2D eigenvalue weighted by atomic mass is 10.1. The Kier molecular flexibility index (Phi) is 6.05. The topological polar surface area (TPSA) is 73.7 Å². The van der Waals surface area contributed by atoms with Gasteiger partial charge in [-0.3, -0.25) is 15.4 Å². The first kappa shape index (κ1) is 17.2. The summed E-state index contributed by atoms with van der Waals surface area (Å²) in [7, 11) is 0. The molecule has 2 aromatic rings. The molecule has 5 nitrogen and oxygen atoms in total. The largest absolute Gasteiger partial charge is 0.288 e. The lowest BCUT2D eigenvalue weighted by Gasteiger charge is -2.06. The van der Waals surface area contributed by atoms with Crippen molar-refractivity contribution in [3.63, 3.8) is 0 Å². The molecule has 0 aliphatic carbocycles. The number of nitrogens with one attached hydrogen (secondary N) is 2. The van der Waals surface area contributed by atoms with E-state index < -0.39 is 5.91 Å². The van der Waals surface area contributed by atoms with Crippen molar-refractivity contribution in [3.8, 4) is 0 Å². The third-order valence-electron chi connectivity index (χ3n) is 3.36. The smallest absolute Gasteiger partial charge is 0.267 e. The lowest BCUT2D eigenvalue weighted by Crippen LogP contribution is -2.14. The van der Waals surface area contributed by atoms with Crippen LogP contribution in [0.25, 0.3) is 11.8 Å². The summed E-state index contributed by atoms with van der Waals surface area (Å²) in [5, 5.41) is 12.7. The van der Waals surface area contributed by atoms with Crippen molar-refractivity contribution in [3.05, 3.63) is 83.4 Å². The molecule has 0 saturated heterocycles. The van der Waals surface area contributed by atoms with Gasteiger partial charge in [-0.25, -0.2) is 5.48 Å². The molecule has 0 atom stereocenters. The maximum atomic E-state index is 11.0. The summed E-state index contributed by atoms with van der Waals surface area (Å²) in [5.41, 5.74) is 8.93. The van der Waals surface area contributed by atoms with Gasteiger partial charge in [0.25, 0.3) is 5.91 Å². The van der Waals surface area contributed by atoms with E-state index >= 15 is 0 Å². The summed E-state index contributed by atoms with van der Waals surface area (Å²) in [6, 6.07) is 15.4. The molecule has 5 heteroatoms. The van der Waals surface area contributed by atoms with Gasteiger partial charge in [-0.1, -0.05) is 49.0 Å². The van der Waals surface area contributed by atoms with E-state index in [1.54, 1.807) is 17.8 Å². The molecule has 2 aromatic carbocycles. The van der Waals surface area contributed by atoms with Gasteiger partial charge in [0.2, 0.25) is 0 Å². The molecule has 0 unspecified atom stereocenters. The summed E-state index contributed by atoms with van der Waals surface area (Å²) in [4.78, 5) is 11.0. The highest BCUT2D eigenvalue weighted by atomic mass is 16.5. The Morgan fingerprint density at radius 1 is 1.21 bits per heavy atom. The first-order valence-electron chi connectivity index (χ1n) is 7.36. The molecular weight excluding hydrogens is 302 g/mol. The second kappa shape index (κ2) is 8.45. The second-order valence-electron chi connectivity index (χ2n) is 5.14. The molecule has 0 radical (unpaired) electrons. The quantitative estimate of drug-likeness (QED) is 0.331. The van der Waals surface area contributed by atoms with Crippen molar-refractivity contribution in [2.45, 2.75) is 6.92 Å². The van der Waals surface area contributed by atoms with Gasteiger partial charge in [-0.2, -0.15) is 5.10 Å². The fourth-order valence-corrected chi connectivity index (χ4v) is 2.02. The normalized spacial score (nSPS) is 10.9. The van der Waals surface area contributed by atoms with Crippen molar-refractivity contribution in [2.75, 3.05) is 0 Å². The summed E-state index contributed by atoms with van der Waals surface area (Å²) in [6.45, 7) is 5.99. The van der Waals surface area contributed by atoms with E-state index in [1.165, 1.54) is 6.08 Å². The number of rotatable bonds is 6. The summed E-state index contributed by atoms with van der Waals surface area (Å²) >= 11 is 0. The molecule has 0 fully saturated rings. The number of hydrogen-bond donors (Lipinski definition) is 3. The van der Waals surface area contributed by atoms with Crippen LogP contribution in [-0.4, -0.2) is 17.3 Å². The van der Waals surface area contributed by atoms with Gasteiger partial charge in [0.05, 0.1) is 11.9 Å². The van der Waals surface area contributed by atoms with Crippen LogP contribution >= 0.6 is 0 Å². The van der Waals surface area contributed by atoms with Crippen LogP contribution in [0.3, 0.4) is 0 Å². The van der Waals surface area contributed by atoms with Gasteiger partial charge >= 0.3 is 0 Å². The maximum absolute atomic E-state index is 11.0. The molecule has 24 heavy (non-hydrogen) atoms. The summed E-state index contributed by atoms with van der Waals surface area (Å²) in [5.74, 6) is -0.583. The number of hydrogen-bond acceptors (Lipinski definition) is 4. The number of amides is 1. The van der Waals surface area contributed by atoms with E-state index in [4.69, 9.17) is 5.21 Å². The van der Waals surface area contributed by atoms with Crippen LogP contribution in [-0.2, 0) is 4.79 Å². The molecule has 2 rings (SSSR count). The Morgan fingerprint density at radius 2 is 2.00 bits per heavy atom. The zero-order valence-corrected chi connectivity index (χ0v) is 13.4. The van der Waals surface area contributed by atoms with Gasteiger partial charge in [0, 0.05) is 6.08 Å². The van der Waals surface area contributed by atoms with E-state index in [-0.39, 0.29) is 0 Å². The fourth-order valence-electron chi connectivity index (χ4n) is 2.02. The van der Waals surface area contributed by atoms with Crippen LogP contribution in [0.2, 0.25) is 0 Å². The molecule has 0 saturated carbocycles. The number of nitrogens with zero attached hydrogens (tertiary/aromatic N) is 1. The van der Waals surface area contributed by atoms with Crippen molar-refractivity contribution < 1.29 is 10.0 Å². The zero-order chi connectivity index (χ0) is 17.4. The van der Waals surface area contributed by atoms with E-state index in [0.717, 1.165) is 22.3 Å². The van der Waals surface area contributed by atoms with Crippen LogP contribution in [0.4, 0.5) is 0 Å². The van der Waals surface area contributed by atoms with Crippen LogP contribution in [0, 0.1) is 6.92 Å². The Morgan fingerprint density at radius 3 is 2.75 bits per heavy atom. The lowest BCUT2D eigenvalue weighted by molar-refractivity contribution is -0.124. The third kappa shape index (κ3) is 4.93. The molecule has 122 valence electrons. The summed E-state index contributed by atoms with van der Waals surface area (Å²) in [6.07, 6.45) is 4.58. The minimum absolute atomic E-state index is 0.583. The van der Waals surface area contributed by atoms with E-state index in [1.807, 2.05) is 55.5 Å². The number of carbonyl (C=O) groups excluding carboxylic acids is 1. The molecular formula is C19H19N3O2. The van der Waals surface area contributed by atoms with Crippen LogP contribution in [0.15, 0.2) is 66.3 Å². The zero-order valence-electron chi connectivity index (χ0n) is 13.4. The molecule has 0 aliphatic heterocycles. The predicted octanol–water partition coefficient (Wildman–Crippen LogP) is 3.11. The van der Waals surface area contributed by atoms with E-state index in [9.17, 15) is 4.79 Å². The van der Waals surface area contributed by atoms with Gasteiger partial charge < -0.3 is 0 Å². The number of hydrazone groups is 1. The Labute approximate surface area is 141 Å². The number of hydroxylamine groups is 1. The van der Waals surface area contributed by atoms with Gasteiger partial charge in [-0.15, -0.1) is 0 Å². The predicted molar refractivity (Wildman–Crippen MR) is 96.3 cm³/mol. The molecule has 0 spiro atoms. The molecule has 1 amide bonds. The van der Waals surface area contributed by atoms with Crippen molar-refractivity contribution in [2.24, 2.45) is 5.10 Å². The first-order chi connectivity index (χ1) is 11.6. The van der Waals surface area contributed by atoms with Gasteiger partial charge in [0.1, 0.15) is 0 Å². The Bertz CT molecular complexity index is 795. The minimum Gasteiger partial charge on any atom is -0.288 e. The van der Waals surface area contributed by atoms with Crippen LogP contribution in [0.5, 0.6) is 0 Å². The average molecular weight is 321 g/mol. The molecule has 0 aromatic heterocycles.